The lowest BCUT2D eigenvalue weighted by Crippen LogP contribution is -2.12. The van der Waals surface area contributed by atoms with Gasteiger partial charge < -0.3 is 0 Å². The summed E-state index contributed by atoms with van der Waals surface area (Å²) in [5, 5.41) is 6.00. The minimum absolute atomic E-state index is 0.0662. The van der Waals surface area contributed by atoms with Gasteiger partial charge in [0.1, 0.15) is 10.0 Å². The molecular formula is C16H16FN3O2S2. The zero-order valence-corrected chi connectivity index (χ0v) is 14.6. The molecule has 3 rings (SSSR count). The molecule has 8 heteroatoms. The average molecular weight is 365 g/mol. The number of para-hydroxylation sites is 1. The number of sulfonamides is 1. The Hall–Kier alpha value is -2.19. The van der Waals surface area contributed by atoms with Crippen molar-refractivity contribution in [1.82, 2.24) is 9.78 Å². The van der Waals surface area contributed by atoms with Crippen LogP contribution in [0, 0.1) is 5.82 Å². The SMILES string of the molecule is CCCn1nccc1-c1csc(S(=O)(=O)Nc2ccccc2F)c1. The topological polar surface area (TPSA) is 64.0 Å². The molecule has 1 aromatic carbocycles. The van der Waals surface area contributed by atoms with Crippen LogP contribution in [0.15, 0.2) is 52.2 Å². The number of anilines is 1. The summed E-state index contributed by atoms with van der Waals surface area (Å²) in [6.07, 6.45) is 2.62. The van der Waals surface area contributed by atoms with Gasteiger partial charge in [0.2, 0.25) is 0 Å². The van der Waals surface area contributed by atoms with Crippen LogP contribution >= 0.6 is 11.3 Å². The molecule has 5 nitrogen and oxygen atoms in total. The van der Waals surface area contributed by atoms with Crippen LogP contribution in [0.4, 0.5) is 10.1 Å². The van der Waals surface area contributed by atoms with Gasteiger partial charge in [-0.05, 0) is 30.7 Å². The quantitative estimate of drug-likeness (QED) is 0.719. The predicted octanol–water partition coefficient (Wildman–Crippen LogP) is 3.96. The van der Waals surface area contributed by atoms with Crippen LogP contribution in [-0.2, 0) is 16.6 Å². The second kappa shape index (κ2) is 6.74. The van der Waals surface area contributed by atoms with Gasteiger partial charge in [-0.25, -0.2) is 12.8 Å². The molecule has 0 radical (unpaired) electrons. The molecule has 0 aliphatic carbocycles. The number of halogens is 1. The maximum absolute atomic E-state index is 13.7. The summed E-state index contributed by atoms with van der Waals surface area (Å²) in [5.74, 6) is -0.612. The molecule has 0 fully saturated rings. The summed E-state index contributed by atoms with van der Waals surface area (Å²) in [4.78, 5) is 0. The maximum Gasteiger partial charge on any atom is 0.271 e. The molecule has 0 amide bonds. The van der Waals surface area contributed by atoms with E-state index in [0.717, 1.165) is 35.6 Å². The van der Waals surface area contributed by atoms with Crippen molar-refractivity contribution >= 4 is 27.0 Å². The fourth-order valence-electron chi connectivity index (χ4n) is 2.30. The molecule has 0 atom stereocenters. The molecule has 0 saturated carbocycles. The van der Waals surface area contributed by atoms with E-state index in [2.05, 4.69) is 9.82 Å². The third-order valence-corrected chi connectivity index (χ3v) is 6.21. The lowest BCUT2D eigenvalue weighted by Gasteiger charge is -2.07. The minimum atomic E-state index is -3.83. The summed E-state index contributed by atoms with van der Waals surface area (Å²) in [6, 6.07) is 9.10. The highest BCUT2D eigenvalue weighted by Gasteiger charge is 2.19. The molecule has 24 heavy (non-hydrogen) atoms. The van der Waals surface area contributed by atoms with E-state index in [1.54, 1.807) is 23.7 Å². The van der Waals surface area contributed by atoms with Crippen molar-refractivity contribution in [3.05, 3.63) is 53.8 Å². The average Bonchev–Trinajstić information content (AvgIpc) is 3.18. The maximum atomic E-state index is 13.7. The van der Waals surface area contributed by atoms with Crippen molar-refractivity contribution in [1.29, 1.82) is 0 Å². The van der Waals surface area contributed by atoms with Crippen molar-refractivity contribution in [3.8, 4) is 11.3 Å². The van der Waals surface area contributed by atoms with Gasteiger partial charge in [-0.3, -0.25) is 9.40 Å². The summed E-state index contributed by atoms with van der Waals surface area (Å²) in [7, 11) is -3.83. The van der Waals surface area contributed by atoms with Gasteiger partial charge in [0.15, 0.2) is 0 Å². The Morgan fingerprint density at radius 3 is 2.83 bits per heavy atom. The van der Waals surface area contributed by atoms with Gasteiger partial charge in [-0.15, -0.1) is 11.3 Å². The van der Waals surface area contributed by atoms with Crippen LogP contribution < -0.4 is 4.72 Å². The van der Waals surface area contributed by atoms with Gasteiger partial charge in [0.05, 0.1) is 11.4 Å². The van der Waals surface area contributed by atoms with Gasteiger partial charge in [-0.2, -0.15) is 5.10 Å². The molecule has 0 saturated heterocycles. The van der Waals surface area contributed by atoms with Crippen LogP contribution in [0.1, 0.15) is 13.3 Å². The van der Waals surface area contributed by atoms with E-state index in [1.165, 1.54) is 18.2 Å². The molecular weight excluding hydrogens is 349 g/mol. The van der Waals surface area contributed by atoms with Crippen LogP contribution in [0.25, 0.3) is 11.3 Å². The predicted molar refractivity (Wildman–Crippen MR) is 93.0 cm³/mol. The Balaban J connectivity index is 1.89. The molecule has 0 unspecified atom stereocenters. The van der Waals surface area contributed by atoms with Crippen LogP contribution in [0.2, 0.25) is 0 Å². The highest BCUT2D eigenvalue weighted by molar-refractivity contribution is 7.94. The Kier molecular flexibility index (Phi) is 4.68. The van der Waals surface area contributed by atoms with E-state index in [0.29, 0.717) is 0 Å². The molecule has 0 aliphatic heterocycles. The highest BCUT2D eigenvalue weighted by atomic mass is 32.2. The molecule has 0 spiro atoms. The van der Waals surface area contributed by atoms with E-state index in [9.17, 15) is 12.8 Å². The Bertz CT molecular complexity index is 948. The number of aryl methyl sites for hydroxylation is 1. The van der Waals surface area contributed by atoms with Gasteiger partial charge in [0, 0.05) is 23.7 Å². The fourth-order valence-corrected chi connectivity index (χ4v) is 4.54. The Morgan fingerprint density at radius 2 is 2.08 bits per heavy atom. The number of hydrogen-bond acceptors (Lipinski definition) is 4. The summed E-state index contributed by atoms with van der Waals surface area (Å²) < 4.78 is 42.8. The number of benzene rings is 1. The number of hydrogen-bond donors (Lipinski definition) is 1. The Labute approximate surface area is 143 Å². The fraction of sp³-hybridized carbons (Fsp3) is 0.188. The Morgan fingerprint density at radius 1 is 1.29 bits per heavy atom. The van der Waals surface area contributed by atoms with Crippen LogP contribution in [-0.4, -0.2) is 18.2 Å². The van der Waals surface area contributed by atoms with Crippen LogP contribution in [0.3, 0.4) is 0 Å². The highest BCUT2D eigenvalue weighted by Crippen LogP contribution is 2.30. The van der Waals surface area contributed by atoms with Crippen molar-refractivity contribution in [3.63, 3.8) is 0 Å². The number of nitrogens with one attached hydrogen (secondary N) is 1. The molecule has 0 bridgehead atoms. The first-order valence-electron chi connectivity index (χ1n) is 7.39. The summed E-state index contributed by atoms with van der Waals surface area (Å²) in [5.41, 5.74) is 1.57. The van der Waals surface area contributed by atoms with E-state index in [4.69, 9.17) is 0 Å². The summed E-state index contributed by atoms with van der Waals surface area (Å²) >= 11 is 1.09. The number of rotatable bonds is 6. The van der Waals surface area contributed by atoms with E-state index in [-0.39, 0.29) is 9.90 Å². The number of thiophene rings is 1. The monoisotopic (exact) mass is 365 g/mol. The lowest BCUT2D eigenvalue weighted by molar-refractivity contribution is 0.600. The van der Waals surface area contributed by atoms with Crippen molar-refractivity contribution in [2.75, 3.05) is 4.72 Å². The summed E-state index contributed by atoms with van der Waals surface area (Å²) in [6.45, 7) is 2.81. The molecule has 0 aliphatic rings. The molecule has 2 heterocycles. The van der Waals surface area contributed by atoms with Crippen molar-refractivity contribution in [2.24, 2.45) is 0 Å². The third-order valence-electron chi connectivity index (χ3n) is 3.41. The smallest absolute Gasteiger partial charge is 0.271 e. The van der Waals surface area contributed by atoms with Crippen molar-refractivity contribution in [2.45, 2.75) is 24.1 Å². The van der Waals surface area contributed by atoms with E-state index in [1.807, 2.05) is 17.7 Å². The zero-order valence-electron chi connectivity index (χ0n) is 12.9. The number of nitrogens with zero attached hydrogens (tertiary/aromatic N) is 2. The van der Waals surface area contributed by atoms with Gasteiger partial charge >= 0.3 is 0 Å². The molecule has 1 N–H and O–H groups in total. The van der Waals surface area contributed by atoms with E-state index >= 15 is 0 Å². The third kappa shape index (κ3) is 3.34. The van der Waals surface area contributed by atoms with Crippen molar-refractivity contribution < 1.29 is 12.8 Å². The first-order chi connectivity index (χ1) is 11.5. The van der Waals surface area contributed by atoms with Gasteiger partial charge in [-0.1, -0.05) is 19.1 Å². The number of aromatic nitrogens is 2. The van der Waals surface area contributed by atoms with E-state index < -0.39 is 15.8 Å². The molecule has 126 valence electrons. The minimum Gasteiger partial charge on any atom is -0.276 e. The molecule has 3 aromatic rings. The second-order valence-electron chi connectivity index (χ2n) is 5.18. The van der Waals surface area contributed by atoms with Crippen LogP contribution in [0.5, 0.6) is 0 Å². The standard InChI is InChI=1S/C16H16FN3O2S2/c1-2-9-20-15(7-8-18-20)12-10-16(23-11-12)24(21,22)19-14-6-4-3-5-13(14)17/h3-8,10-11,19H,2,9H2,1H3. The largest absolute Gasteiger partial charge is 0.276 e. The first-order valence-corrected chi connectivity index (χ1v) is 9.75. The lowest BCUT2D eigenvalue weighted by atomic mass is 10.2. The first kappa shape index (κ1) is 16.7. The second-order valence-corrected chi connectivity index (χ2v) is 8.00. The molecule has 2 aromatic heterocycles. The normalized spacial score (nSPS) is 11.6. The zero-order chi connectivity index (χ0) is 17.2. The van der Waals surface area contributed by atoms with Gasteiger partial charge in [0.25, 0.3) is 10.0 Å².